The van der Waals surface area contributed by atoms with Crippen LogP contribution in [0.3, 0.4) is 0 Å². The lowest BCUT2D eigenvalue weighted by molar-refractivity contribution is -0.123. The SMILES string of the molecule is CC(C)Oc1cccc(CCCNC(=O)COc2ccc(C(C)(C)C)cc2)c1. The summed E-state index contributed by atoms with van der Waals surface area (Å²) >= 11 is 0. The summed E-state index contributed by atoms with van der Waals surface area (Å²) in [7, 11) is 0. The monoisotopic (exact) mass is 383 g/mol. The Kier molecular flexibility index (Phi) is 7.91. The standard InChI is InChI=1S/C24H33NO3/c1-18(2)28-22-10-6-8-19(16-22)9-7-15-25-23(26)17-27-21-13-11-20(12-14-21)24(3,4)5/h6,8,10-14,16,18H,7,9,15,17H2,1-5H3,(H,25,26). The van der Waals surface area contributed by atoms with Crippen molar-refractivity contribution in [2.24, 2.45) is 0 Å². The molecule has 28 heavy (non-hydrogen) atoms. The van der Waals surface area contributed by atoms with Gasteiger partial charge in [-0.3, -0.25) is 4.79 Å². The second kappa shape index (κ2) is 10.2. The van der Waals surface area contributed by atoms with E-state index in [9.17, 15) is 4.79 Å². The molecule has 152 valence electrons. The Hall–Kier alpha value is -2.49. The van der Waals surface area contributed by atoms with Gasteiger partial charge >= 0.3 is 0 Å². The van der Waals surface area contributed by atoms with Crippen molar-refractivity contribution >= 4 is 5.91 Å². The van der Waals surface area contributed by atoms with Crippen LogP contribution in [0.4, 0.5) is 0 Å². The maximum Gasteiger partial charge on any atom is 0.257 e. The summed E-state index contributed by atoms with van der Waals surface area (Å²) in [5.74, 6) is 1.50. The molecule has 0 aliphatic rings. The number of nitrogens with one attached hydrogen (secondary N) is 1. The summed E-state index contributed by atoms with van der Waals surface area (Å²) in [6.45, 7) is 11.2. The number of carbonyl (C=O) groups is 1. The number of hydrogen-bond acceptors (Lipinski definition) is 3. The van der Waals surface area contributed by atoms with Crippen molar-refractivity contribution in [2.45, 2.75) is 59.0 Å². The van der Waals surface area contributed by atoms with Crippen LogP contribution < -0.4 is 14.8 Å². The summed E-state index contributed by atoms with van der Waals surface area (Å²) in [5.41, 5.74) is 2.56. The maximum absolute atomic E-state index is 12.0. The first-order valence-electron chi connectivity index (χ1n) is 9.99. The van der Waals surface area contributed by atoms with Gasteiger partial charge in [-0.25, -0.2) is 0 Å². The predicted molar refractivity (Wildman–Crippen MR) is 114 cm³/mol. The highest BCUT2D eigenvalue weighted by molar-refractivity contribution is 5.77. The highest BCUT2D eigenvalue weighted by Gasteiger charge is 2.13. The summed E-state index contributed by atoms with van der Waals surface area (Å²) in [5, 5.41) is 2.91. The Labute approximate surface area is 169 Å². The average molecular weight is 384 g/mol. The number of amides is 1. The Bertz CT molecular complexity index is 745. The van der Waals surface area contributed by atoms with E-state index in [4.69, 9.17) is 9.47 Å². The molecule has 0 unspecified atom stereocenters. The lowest BCUT2D eigenvalue weighted by atomic mass is 9.87. The summed E-state index contributed by atoms with van der Waals surface area (Å²) in [6, 6.07) is 16.0. The van der Waals surface area contributed by atoms with Gasteiger partial charge in [0.1, 0.15) is 11.5 Å². The molecular weight excluding hydrogens is 350 g/mol. The van der Waals surface area contributed by atoms with E-state index in [-0.39, 0.29) is 24.0 Å². The summed E-state index contributed by atoms with van der Waals surface area (Å²) in [6.07, 6.45) is 1.93. The molecule has 0 saturated carbocycles. The molecule has 4 nitrogen and oxygen atoms in total. The number of benzene rings is 2. The van der Waals surface area contributed by atoms with Crippen LogP contribution in [0.25, 0.3) is 0 Å². The average Bonchev–Trinajstić information content (AvgIpc) is 2.63. The van der Waals surface area contributed by atoms with Crippen LogP contribution in [0.15, 0.2) is 48.5 Å². The molecule has 1 N–H and O–H groups in total. The smallest absolute Gasteiger partial charge is 0.257 e. The number of ether oxygens (including phenoxy) is 2. The van der Waals surface area contributed by atoms with Crippen molar-refractivity contribution in [1.29, 1.82) is 0 Å². The van der Waals surface area contributed by atoms with E-state index in [0.717, 1.165) is 18.6 Å². The van der Waals surface area contributed by atoms with E-state index in [1.807, 2.05) is 50.2 Å². The number of rotatable bonds is 9. The van der Waals surface area contributed by atoms with Gasteiger partial charge in [0.2, 0.25) is 0 Å². The molecule has 2 rings (SSSR count). The molecule has 0 fully saturated rings. The fraction of sp³-hybridized carbons (Fsp3) is 0.458. The fourth-order valence-corrected chi connectivity index (χ4v) is 2.82. The molecule has 0 aliphatic heterocycles. The maximum atomic E-state index is 12.0. The van der Waals surface area contributed by atoms with E-state index in [1.54, 1.807) is 0 Å². The third-order valence-electron chi connectivity index (χ3n) is 4.32. The van der Waals surface area contributed by atoms with E-state index in [1.165, 1.54) is 11.1 Å². The van der Waals surface area contributed by atoms with Crippen LogP contribution in [0, 0.1) is 0 Å². The minimum Gasteiger partial charge on any atom is -0.491 e. The molecular formula is C24H33NO3. The van der Waals surface area contributed by atoms with Gasteiger partial charge in [-0.15, -0.1) is 0 Å². The highest BCUT2D eigenvalue weighted by atomic mass is 16.5. The van der Waals surface area contributed by atoms with Crippen LogP contribution in [0.5, 0.6) is 11.5 Å². The molecule has 2 aromatic carbocycles. The van der Waals surface area contributed by atoms with Crippen molar-refractivity contribution < 1.29 is 14.3 Å². The Morgan fingerprint density at radius 3 is 2.39 bits per heavy atom. The van der Waals surface area contributed by atoms with Crippen LogP contribution in [0.2, 0.25) is 0 Å². The van der Waals surface area contributed by atoms with Crippen LogP contribution in [-0.2, 0) is 16.6 Å². The molecule has 2 aromatic rings. The lowest BCUT2D eigenvalue weighted by Crippen LogP contribution is -2.29. The molecule has 0 aromatic heterocycles. The topological polar surface area (TPSA) is 47.6 Å². The van der Waals surface area contributed by atoms with Gasteiger partial charge in [0.15, 0.2) is 6.61 Å². The van der Waals surface area contributed by atoms with Gasteiger partial charge in [-0.05, 0) is 67.5 Å². The largest absolute Gasteiger partial charge is 0.491 e. The van der Waals surface area contributed by atoms with E-state index in [2.05, 4.69) is 38.2 Å². The zero-order valence-electron chi connectivity index (χ0n) is 17.7. The number of aryl methyl sites for hydroxylation is 1. The first-order chi connectivity index (χ1) is 13.2. The van der Waals surface area contributed by atoms with Crippen LogP contribution in [-0.4, -0.2) is 25.2 Å². The first-order valence-corrected chi connectivity index (χ1v) is 9.99. The Morgan fingerprint density at radius 1 is 1.04 bits per heavy atom. The summed E-state index contributed by atoms with van der Waals surface area (Å²) in [4.78, 5) is 12.0. The van der Waals surface area contributed by atoms with Gasteiger partial charge in [0.25, 0.3) is 5.91 Å². The molecule has 0 saturated heterocycles. The van der Waals surface area contributed by atoms with Crippen LogP contribution >= 0.6 is 0 Å². The van der Waals surface area contributed by atoms with E-state index < -0.39 is 0 Å². The van der Waals surface area contributed by atoms with Crippen LogP contribution in [0.1, 0.15) is 52.2 Å². The van der Waals surface area contributed by atoms with Gasteiger partial charge in [0, 0.05) is 6.54 Å². The van der Waals surface area contributed by atoms with E-state index >= 15 is 0 Å². The molecule has 0 radical (unpaired) electrons. The van der Waals surface area contributed by atoms with Crippen molar-refractivity contribution in [3.63, 3.8) is 0 Å². The first kappa shape index (κ1) is 21.8. The highest BCUT2D eigenvalue weighted by Crippen LogP contribution is 2.24. The van der Waals surface area contributed by atoms with Gasteiger partial charge in [-0.2, -0.15) is 0 Å². The molecule has 0 atom stereocenters. The quantitative estimate of drug-likeness (QED) is 0.627. The molecule has 0 aliphatic carbocycles. The Morgan fingerprint density at radius 2 is 1.75 bits per heavy atom. The summed E-state index contributed by atoms with van der Waals surface area (Å²) < 4.78 is 11.3. The van der Waals surface area contributed by atoms with Gasteiger partial charge in [0.05, 0.1) is 6.10 Å². The third-order valence-corrected chi connectivity index (χ3v) is 4.32. The Balaban J connectivity index is 1.68. The zero-order valence-corrected chi connectivity index (χ0v) is 17.7. The third kappa shape index (κ3) is 7.63. The second-order valence-corrected chi connectivity index (χ2v) is 8.33. The predicted octanol–water partition coefficient (Wildman–Crippen LogP) is 4.90. The number of hydrogen-bond donors (Lipinski definition) is 1. The van der Waals surface area contributed by atoms with Crippen molar-refractivity contribution in [3.8, 4) is 11.5 Å². The van der Waals surface area contributed by atoms with E-state index in [0.29, 0.717) is 12.3 Å². The van der Waals surface area contributed by atoms with Gasteiger partial charge in [-0.1, -0.05) is 45.0 Å². The number of carbonyl (C=O) groups excluding carboxylic acids is 1. The minimum absolute atomic E-state index is 0.0343. The van der Waals surface area contributed by atoms with Gasteiger partial charge < -0.3 is 14.8 Å². The molecule has 0 heterocycles. The molecule has 1 amide bonds. The molecule has 4 heteroatoms. The lowest BCUT2D eigenvalue weighted by Gasteiger charge is -2.19. The second-order valence-electron chi connectivity index (χ2n) is 8.33. The zero-order chi connectivity index (χ0) is 20.6. The van der Waals surface area contributed by atoms with Crippen molar-refractivity contribution in [2.75, 3.05) is 13.2 Å². The van der Waals surface area contributed by atoms with Crippen molar-refractivity contribution in [3.05, 3.63) is 59.7 Å². The molecule has 0 bridgehead atoms. The normalized spacial score (nSPS) is 11.4. The fourth-order valence-electron chi connectivity index (χ4n) is 2.82. The van der Waals surface area contributed by atoms with Crippen molar-refractivity contribution in [1.82, 2.24) is 5.32 Å². The molecule has 0 spiro atoms. The minimum atomic E-state index is -0.100.